The number of esters is 1. The highest BCUT2D eigenvalue weighted by Gasteiger charge is 2.12. The Morgan fingerprint density at radius 2 is 1.55 bits per heavy atom. The summed E-state index contributed by atoms with van der Waals surface area (Å²) >= 11 is 3.34. The average Bonchev–Trinajstić information content (AvgIpc) is 2.73. The van der Waals surface area contributed by atoms with Crippen LogP contribution in [-0.2, 0) is 0 Å². The summed E-state index contributed by atoms with van der Waals surface area (Å²) in [6.45, 7) is 4.29. The van der Waals surface area contributed by atoms with Gasteiger partial charge in [-0.25, -0.2) is 4.79 Å². The molecule has 0 bridgehead atoms. The van der Waals surface area contributed by atoms with Crippen molar-refractivity contribution >= 4 is 33.8 Å². The average molecular weight is 449 g/mol. The molecule has 4 heteroatoms. The molecule has 0 radical (unpaired) electrons. The fraction of sp³-hybridized carbons (Fsp3) is 0.120. The van der Waals surface area contributed by atoms with Gasteiger partial charge in [0, 0.05) is 10.0 Å². The first-order valence-electron chi connectivity index (χ1n) is 9.33. The Hall–Kier alpha value is -2.98. The van der Waals surface area contributed by atoms with Gasteiger partial charge in [-0.3, -0.25) is 4.79 Å². The van der Waals surface area contributed by atoms with Crippen LogP contribution in [0.2, 0.25) is 0 Å². The molecule has 3 aromatic carbocycles. The number of halogens is 1. The van der Waals surface area contributed by atoms with Crippen LogP contribution in [0.15, 0.2) is 83.3 Å². The van der Waals surface area contributed by atoms with Crippen molar-refractivity contribution in [2.24, 2.45) is 0 Å². The summed E-state index contributed by atoms with van der Waals surface area (Å²) in [5.74, 6) is 0.295. The SMILES string of the molecule is CC(C)c1ccc(C=CC(=O)c2ccc(OC(=O)c3ccccc3Br)cc2)cc1. The minimum Gasteiger partial charge on any atom is -0.423 e. The summed E-state index contributed by atoms with van der Waals surface area (Å²) in [6.07, 6.45) is 3.35. The molecule has 0 amide bonds. The highest BCUT2D eigenvalue weighted by Crippen LogP contribution is 2.20. The van der Waals surface area contributed by atoms with Gasteiger partial charge in [0.15, 0.2) is 5.78 Å². The zero-order valence-electron chi connectivity index (χ0n) is 16.3. The second kappa shape index (κ2) is 9.48. The van der Waals surface area contributed by atoms with E-state index in [1.807, 2.05) is 18.2 Å². The van der Waals surface area contributed by atoms with E-state index in [1.165, 1.54) is 5.56 Å². The molecule has 0 spiro atoms. The molecule has 0 unspecified atom stereocenters. The molecule has 0 aromatic heterocycles. The predicted molar refractivity (Wildman–Crippen MR) is 119 cm³/mol. The van der Waals surface area contributed by atoms with E-state index in [2.05, 4.69) is 41.9 Å². The summed E-state index contributed by atoms with van der Waals surface area (Å²) in [5, 5.41) is 0. The predicted octanol–water partition coefficient (Wildman–Crippen LogP) is 6.69. The number of ketones is 1. The maximum Gasteiger partial charge on any atom is 0.344 e. The maximum absolute atomic E-state index is 12.4. The van der Waals surface area contributed by atoms with E-state index in [0.717, 1.165) is 5.56 Å². The third-order valence-electron chi connectivity index (χ3n) is 4.47. The van der Waals surface area contributed by atoms with Crippen molar-refractivity contribution in [3.63, 3.8) is 0 Å². The van der Waals surface area contributed by atoms with E-state index < -0.39 is 5.97 Å². The van der Waals surface area contributed by atoms with Crippen molar-refractivity contribution in [3.05, 3.63) is 106 Å². The van der Waals surface area contributed by atoms with Gasteiger partial charge >= 0.3 is 5.97 Å². The van der Waals surface area contributed by atoms with E-state index in [-0.39, 0.29) is 5.78 Å². The Morgan fingerprint density at radius 3 is 2.17 bits per heavy atom. The molecule has 0 aliphatic heterocycles. The van der Waals surface area contributed by atoms with Crippen molar-refractivity contribution in [2.75, 3.05) is 0 Å². The van der Waals surface area contributed by atoms with Gasteiger partial charge in [0.25, 0.3) is 0 Å². The molecule has 29 heavy (non-hydrogen) atoms. The van der Waals surface area contributed by atoms with E-state index >= 15 is 0 Å². The van der Waals surface area contributed by atoms with Gasteiger partial charge in [0.1, 0.15) is 5.75 Å². The second-order valence-corrected chi connectivity index (χ2v) is 7.77. The largest absolute Gasteiger partial charge is 0.423 e. The number of carbonyl (C=O) groups excluding carboxylic acids is 2. The van der Waals surface area contributed by atoms with Gasteiger partial charge in [-0.1, -0.05) is 56.3 Å². The normalized spacial score (nSPS) is 11.0. The molecule has 0 aliphatic rings. The number of hydrogen-bond acceptors (Lipinski definition) is 3. The standard InChI is InChI=1S/C25H21BrO3/c1-17(2)19-10-7-18(8-11-19)9-16-24(27)20-12-14-21(15-13-20)29-25(28)22-5-3-4-6-23(22)26/h3-17H,1-2H3. The lowest BCUT2D eigenvalue weighted by atomic mass is 10.0. The van der Waals surface area contributed by atoms with Crippen LogP contribution < -0.4 is 4.74 Å². The fourth-order valence-corrected chi connectivity index (χ4v) is 3.18. The minimum absolute atomic E-state index is 0.110. The number of rotatable bonds is 6. The third kappa shape index (κ3) is 5.52. The molecule has 0 fully saturated rings. The molecule has 0 saturated carbocycles. The van der Waals surface area contributed by atoms with E-state index in [9.17, 15) is 9.59 Å². The van der Waals surface area contributed by atoms with Crippen LogP contribution in [0.3, 0.4) is 0 Å². The molecule has 0 aliphatic carbocycles. The topological polar surface area (TPSA) is 43.4 Å². The summed E-state index contributed by atoms with van der Waals surface area (Å²) in [5.41, 5.74) is 3.21. The van der Waals surface area contributed by atoms with Gasteiger partial charge in [0.05, 0.1) is 5.56 Å². The van der Waals surface area contributed by atoms with Crippen molar-refractivity contribution < 1.29 is 14.3 Å². The Balaban J connectivity index is 1.64. The minimum atomic E-state index is -0.457. The summed E-state index contributed by atoms with van der Waals surface area (Å²) in [7, 11) is 0. The molecule has 0 atom stereocenters. The lowest BCUT2D eigenvalue weighted by Gasteiger charge is -2.06. The number of ether oxygens (including phenoxy) is 1. The summed E-state index contributed by atoms with van der Waals surface area (Å²) in [4.78, 5) is 24.6. The van der Waals surface area contributed by atoms with Crippen molar-refractivity contribution in [2.45, 2.75) is 19.8 Å². The van der Waals surface area contributed by atoms with Crippen LogP contribution in [0.5, 0.6) is 5.75 Å². The molecule has 3 rings (SSSR count). The first kappa shape index (κ1) is 20.7. The Kier molecular flexibility index (Phi) is 6.78. The molecule has 3 nitrogen and oxygen atoms in total. The molecule has 0 saturated heterocycles. The summed E-state index contributed by atoms with van der Waals surface area (Å²) in [6, 6.07) is 21.7. The van der Waals surface area contributed by atoms with Crippen LogP contribution in [0.1, 0.15) is 51.6 Å². The van der Waals surface area contributed by atoms with Gasteiger partial charge < -0.3 is 4.74 Å². The van der Waals surface area contributed by atoms with Crippen molar-refractivity contribution in [1.29, 1.82) is 0 Å². The highest BCUT2D eigenvalue weighted by atomic mass is 79.9. The second-order valence-electron chi connectivity index (χ2n) is 6.91. The molecule has 146 valence electrons. The van der Waals surface area contributed by atoms with Crippen LogP contribution in [0.4, 0.5) is 0 Å². The van der Waals surface area contributed by atoms with Gasteiger partial charge in [-0.05, 0) is 75.4 Å². The third-order valence-corrected chi connectivity index (χ3v) is 5.16. The van der Waals surface area contributed by atoms with Crippen molar-refractivity contribution in [1.82, 2.24) is 0 Å². The molecule has 0 N–H and O–H groups in total. The highest BCUT2D eigenvalue weighted by molar-refractivity contribution is 9.10. The van der Waals surface area contributed by atoms with Gasteiger partial charge in [-0.15, -0.1) is 0 Å². The molecular formula is C25H21BrO3. The number of hydrogen-bond donors (Lipinski definition) is 0. The molecule has 3 aromatic rings. The zero-order valence-corrected chi connectivity index (χ0v) is 17.8. The monoisotopic (exact) mass is 448 g/mol. The van der Waals surface area contributed by atoms with Crippen molar-refractivity contribution in [3.8, 4) is 5.75 Å². The summed E-state index contributed by atoms with van der Waals surface area (Å²) < 4.78 is 6.05. The smallest absolute Gasteiger partial charge is 0.344 e. The Morgan fingerprint density at radius 1 is 0.897 bits per heavy atom. The Bertz CT molecular complexity index is 1030. The van der Waals surface area contributed by atoms with Gasteiger partial charge in [-0.2, -0.15) is 0 Å². The van der Waals surface area contributed by atoms with E-state index in [4.69, 9.17) is 4.74 Å². The lowest BCUT2D eigenvalue weighted by Crippen LogP contribution is -2.09. The van der Waals surface area contributed by atoms with Crippen LogP contribution in [0, 0.1) is 0 Å². The number of allylic oxidation sites excluding steroid dienone is 1. The zero-order chi connectivity index (χ0) is 20.8. The maximum atomic E-state index is 12.4. The van der Waals surface area contributed by atoms with Crippen LogP contribution in [0.25, 0.3) is 6.08 Å². The Labute approximate surface area is 179 Å². The first-order valence-corrected chi connectivity index (χ1v) is 10.1. The van der Waals surface area contributed by atoms with Crippen LogP contribution in [-0.4, -0.2) is 11.8 Å². The fourth-order valence-electron chi connectivity index (χ4n) is 2.74. The molecular weight excluding hydrogens is 428 g/mol. The first-order chi connectivity index (χ1) is 13.9. The molecule has 0 heterocycles. The van der Waals surface area contributed by atoms with E-state index in [1.54, 1.807) is 54.6 Å². The lowest BCUT2D eigenvalue weighted by molar-refractivity contribution is 0.0733. The number of carbonyl (C=O) groups is 2. The van der Waals surface area contributed by atoms with E-state index in [0.29, 0.717) is 27.3 Å². The van der Waals surface area contributed by atoms with Gasteiger partial charge in [0.2, 0.25) is 0 Å². The van der Waals surface area contributed by atoms with Crippen LogP contribution >= 0.6 is 15.9 Å². The quantitative estimate of drug-likeness (QED) is 0.182. The number of benzene rings is 3.